The van der Waals surface area contributed by atoms with Gasteiger partial charge in [0.1, 0.15) is 31.3 Å². The lowest BCUT2D eigenvalue weighted by Gasteiger charge is -2.28. The smallest absolute Gasteiger partial charge is 0.312 e. The Labute approximate surface area is 225 Å². The molecular formula is C31H26O8. The molecule has 0 unspecified atom stereocenters. The normalized spacial score (nSPS) is 18.1. The van der Waals surface area contributed by atoms with Gasteiger partial charge in [-0.05, 0) is 54.5 Å². The van der Waals surface area contributed by atoms with E-state index in [1.807, 2.05) is 31.2 Å². The molecule has 0 N–H and O–H groups in total. The highest BCUT2D eigenvalue weighted by Crippen LogP contribution is 2.51. The summed E-state index contributed by atoms with van der Waals surface area (Å²) in [7, 11) is 1.56. The van der Waals surface area contributed by atoms with Crippen molar-refractivity contribution in [1.29, 1.82) is 0 Å². The van der Waals surface area contributed by atoms with Crippen LogP contribution in [0.2, 0.25) is 0 Å². The highest BCUT2D eigenvalue weighted by Gasteiger charge is 2.40. The molecule has 3 aromatic rings. The average molecular weight is 527 g/mol. The Hall–Kier alpha value is -4.72. The van der Waals surface area contributed by atoms with Crippen LogP contribution < -0.4 is 28.4 Å². The van der Waals surface area contributed by atoms with E-state index in [1.165, 1.54) is 0 Å². The Morgan fingerprint density at radius 3 is 2.62 bits per heavy atom. The monoisotopic (exact) mass is 526 g/mol. The number of para-hydroxylation sites is 1. The van der Waals surface area contributed by atoms with Crippen LogP contribution >= 0.6 is 0 Å². The molecule has 0 bridgehead atoms. The van der Waals surface area contributed by atoms with E-state index in [9.17, 15) is 9.59 Å². The largest absolute Gasteiger partial charge is 0.493 e. The summed E-state index contributed by atoms with van der Waals surface area (Å²) in [4.78, 5) is 26.1. The van der Waals surface area contributed by atoms with Crippen LogP contribution in [0.5, 0.6) is 34.5 Å². The van der Waals surface area contributed by atoms with E-state index in [2.05, 4.69) is 6.58 Å². The second-order valence-corrected chi connectivity index (χ2v) is 9.55. The molecule has 0 fully saturated rings. The summed E-state index contributed by atoms with van der Waals surface area (Å²) in [6, 6.07) is 14.2. The molecule has 39 heavy (non-hydrogen) atoms. The van der Waals surface area contributed by atoms with Crippen LogP contribution in [0.1, 0.15) is 46.3 Å². The number of carbonyl (C=O) groups is 2. The molecule has 198 valence electrons. The summed E-state index contributed by atoms with van der Waals surface area (Å²) in [6.07, 6.45) is 1.71. The molecule has 1 atom stereocenters. The number of esters is 1. The molecule has 3 aliphatic rings. The van der Waals surface area contributed by atoms with Crippen molar-refractivity contribution in [1.82, 2.24) is 0 Å². The molecule has 6 rings (SSSR count). The Morgan fingerprint density at radius 2 is 1.82 bits per heavy atom. The zero-order valence-corrected chi connectivity index (χ0v) is 21.6. The Morgan fingerprint density at radius 1 is 1.03 bits per heavy atom. The third kappa shape index (κ3) is 4.48. The molecule has 0 spiro atoms. The van der Waals surface area contributed by atoms with Gasteiger partial charge in [-0.25, -0.2) is 0 Å². The van der Waals surface area contributed by atoms with E-state index < -0.39 is 11.9 Å². The first-order valence-corrected chi connectivity index (χ1v) is 12.6. The van der Waals surface area contributed by atoms with E-state index in [0.29, 0.717) is 58.8 Å². The number of methoxy groups -OCH3 is 1. The Balaban J connectivity index is 1.42. The van der Waals surface area contributed by atoms with Crippen LogP contribution in [0.4, 0.5) is 0 Å². The van der Waals surface area contributed by atoms with E-state index in [1.54, 1.807) is 37.5 Å². The maximum Gasteiger partial charge on any atom is 0.312 e. The molecule has 0 aliphatic carbocycles. The molecular weight excluding hydrogens is 500 g/mol. The van der Waals surface area contributed by atoms with Gasteiger partial charge >= 0.3 is 5.97 Å². The zero-order valence-electron chi connectivity index (χ0n) is 21.6. The lowest BCUT2D eigenvalue weighted by atomic mass is 9.84. The van der Waals surface area contributed by atoms with Crippen molar-refractivity contribution in [3.05, 3.63) is 88.7 Å². The summed E-state index contributed by atoms with van der Waals surface area (Å²) in [5.41, 5.74) is 3.30. The summed E-state index contributed by atoms with van der Waals surface area (Å²) in [5.74, 6) is 2.03. The van der Waals surface area contributed by atoms with Gasteiger partial charge in [-0.3, -0.25) is 9.59 Å². The predicted octanol–water partition coefficient (Wildman–Crippen LogP) is 5.48. The molecule has 8 nitrogen and oxygen atoms in total. The first kappa shape index (κ1) is 24.6. The van der Waals surface area contributed by atoms with E-state index in [-0.39, 0.29) is 24.6 Å². The molecule has 3 heterocycles. The second-order valence-electron chi connectivity index (χ2n) is 9.55. The maximum atomic E-state index is 13.4. The fourth-order valence-electron chi connectivity index (χ4n) is 4.99. The zero-order chi connectivity index (χ0) is 27.1. The third-order valence-corrected chi connectivity index (χ3v) is 6.71. The minimum atomic E-state index is -0.493. The van der Waals surface area contributed by atoms with Crippen molar-refractivity contribution in [3.63, 3.8) is 0 Å². The lowest BCUT2D eigenvalue weighted by Crippen LogP contribution is -2.22. The predicted molar refractivity (Wildman–Crippen MR) is 142 cm³/mol. The van der Waals surface area contributed by atoms with E-state index >= 15 is 0 Å². The summed E-state index contributed by atoms with van der Waals surface area (Å²) in [6.45, 7) is 7.02. The fourth-order valence-corrected chi connectivity index (χ4v) is 4.99. The number of carbonyl (C=O) groups excluding carboxylic acids is 2. The number of Topliss-reactive ketones (excluding diaryl/α,β-unsaturated/α-hetero) is 1. The van der Waals surface area contributed by atoms with Gasteiger partial charge in [0, 0.05) is 17.0 Å². The van der Waals surface area contributed by atoms with Crippen molar-refractivity contribution >= 4 is 17.8 Å². The molecule has 0 amide bonds. The first-order chi connectivity index (χ1) is 18.9. The standard InChI is InChI=1S/C31H26O8/c1-17(2)16-37-30-19(5-4-6-24(30)34-3)21-15-27(32)38-23-10-8-20-29(33)26(39-31(20)28(21)23)14-18-7-9-22-25(13-18)36-12-11-35-22/h4-10,13-14,21H,1,11-12,15-16H2,2-3H3/b26-14-/t21-/m1/s1. The molecule has 8 heteroatoms. The molecule has 3 aliphatic heterocycles. The van der Waals surface area contributed by atoms with Crippen molar-refractivity contribution in [2.45, 2.75) is 19.3 Å². The van der Waals surface area contributed by atoms with Gasteiger partial charge in [-0.15, -0.1) is 0 Å². The van der Waals surface area contributed by atoms with Gasteiger partial charge in [0.25, 0.3) is 0 Å². The van der Waals surface area contributed by atoms with E-state index in [0.717, 1.165) is 16.7 Å². The molecule has 0 aromatic heterocycles. The van der Waals surface area contributed by atoms with Crippen LogP contribution in [0, 0.1) is 0 Å². The van der Waals surface area contributed by atoms with Gasteiger partial charge in [-0.1, -0.05) is 24.8 Å². The summed E-state index contributed by atoms with van der Waals surface area (Å²) >= 11 is 0. The van der Waals surface area contributed by atoms with E-state index in [4.69, 9.17) is 28.4 Å². The fraction of sp³-hybridized carbons (Fsp3) is 0.226. The average Bonchev–Trinajstić information content (AvgIpc) is 3.25. The van der Waals surface area contributed by atoms with Crippen molar-refractivity contribution in [2.75, 3.05) is 26.9 Å². The highest BCUT2D eigenvalue weighted by molar-refractivity contribution is 6.15. The van der Waals surface area contributed by atoms with Gasteiger partial charge in [-0.2, -0.15) is 0 Å². The number of hydrogen-bond acceptors (Lipinski definition) is 8. The minimum Gasteiger partial charge on any atom is -0.493 e. The third-order valence-electron chi connectivity index (χ3n) is 6.71. The number of allylic oxidation sites excluding steroid dienone is 1. The number of rotatable bonds is 6. The number of benzene rings is 3. The number of ether oxygens (including phenoxy) is 6. The number of hydrogen-bond donors (Lipinski definition) is 0. The Kier molecular flexibility index (Phi) is 6.23. The molecule has 0 radical (unpaired) electrons. The topological polar surface area (TPSA) is 89.5 Å². The first-order valence-electron chi connectivity index (χ1n) is 12.6. The van der Waals surface area contributed by atoms with Gasteiger partial charge in [0.05, 0.1) is 19.1 Å². The maximum absolute atomic E-state index is 13.4. The molecule has 0 saturated heterocycles. The van der Waals surface area contributed by atoms with Crippen LogP contribution in [0.3, 0.4) is 0 Å². The SMILES string of the molecule is C=C(C)COc1c(OC)cccc1[C@H]1CC(=O)Oc2ccc3c(c21)O/C(=C\c1ccc2c(c1)OCCO2)C3=O. The molecule has 0 saturated carbocycles. The summed E-state index contributed by atoms with van der Waals surface area (Å²) in [5, 5.41) is 0. The molecule has 3 aromatic carbocycles. The van der Waals surface area contributed by atoms with Crippen LogP contribution in [-0.4, -0.2) is 38.7 Å². The minimum absolute atomic E-state index is 0.0405. The van der Waals surface area contributed by atoms with Crippen LogP contribution in [0.25, 0.3) is 6.08 Å². The number of ketones is 1. The van der Waals surface area contributed by atoms with Crippen LogP contribution in [-0.2, 0) is 4.79 Å². The summed E-state index contributed by atoms with van der Waals surface area (Å²) < 4.78 is 34.7. The van der Waals surface area contributed by atoms with Gasteiger partial charge in [0.15, 0.2) is 28.8 Å². The Bertz CT molecular complexity index is 1550. The highest BCUT2D eigenvalue weighted by atomic mass is 16.6. The number of fused-ring (bicyclic) bond motifs is 4. The van der Waals surface area contributed by atoms with Gasteiger partial charge in [0.2, 0.25) is 5.78 Å². The van der Waals surface area contributed by atoms with Crippen molar-refractivity contribution < 1.29 is 38.0 Å². The van der Waals surface area contributed by atoms with Crippen molar-refractivity contribution in [2.24, 2.45) is 0 Å². The van der Waals surface area contributed by atoms with Crippen LogP contribution in [0.15, 0.2) is 66.4 Å². The van der Waals surface area contributed by atoms with Crippen molar-refractivity contribution in [3.8, 4) is 34.5 Å². The quantitative estimate of drug-likeness (QED) is 0.181. The second kappa shape index (κ2) is 9.87. The lowest BCUT2D eigenvalue weighted by molar-refractivity contribution is -0.135. The van der Waals surface area contributed by atoms with Gasteiger partial charge < -0.3 is 28.4 Å².